The van der Waals surface area contributed by atoms with Gasteiger partial charge in [0.25, 0.3) is 0 Å². The monoisotopic (exact) mass is 468 g/mol. The maximum atomic E-state index is 10.4. The highest BCUT2D eigenvalue weighted by atomic mass is 16.1. The Balaban J connectivity index is -0.000000118. The van der Waals surface area contributed by atoms with Gasteiger partial charge in [-0.25, -0.2) is 0 Å². The number of hydrogen-bond acceptors (Lipinski definition) is 2. The molecule has 0 heterocycles. The van der Waals surface area contributed by atoms with Crippen molar-refractivity contribution >= 4 is 11.5 Å². The third-order valence-corrected chi connectivity index (χ3v) is 5.05. The summed E-state index contributed by atoms with van der Waals surface area (Å²) in [7, 11) is 0. The van der Waals surface area contributed by atoms with Gasteiger partial charge in [0.2, 0.25) is 0 Å². The Morgan fingerprint density at radius 3 is 1.55 bits per heavy atom. The summed E-state index contributed by atoms with van der Waals surface area (Å²) < 4.78 is 0. The van der Waals surface area contributed by atoms with E-state index < -0.39 is 0 Å². The molecule has 0 saturated heterocycles. The van der Waals surface area contributed by atoms with E-state index in [2.05, 4.69) is 65.3 Å². The van der Waals surface area contributed by atoms with E-state index >= 15 is 0 Å². The Morgan fingerprint density at radius 1 is 0.818 bits per heavy atom. The first-order valence-corrected chi connectivity index (χ1v) is 14.0. The minimum Gasteiger partial charge on any atom is -0.300 e. The van der Waals surface area contributed by atoms with Crippen LogP contribution in [0.3, 0.4) is 0 Å². The van der Waals surface area contributed by atoms with Crippen molar-refractivity contribution in [2.45, 2.75) is 148 Å². The van der Waals surface area contributed by atoms with Crippen molar-refractivity contribution in [3.8, 4) is 0 Å². The van der Waals surface area contributed by atoms with Gasteiger partial charge in [-0.05, 0) is 44.6 Å². The maximum Gasteiger partial charge on any atom is 0.132 e. The average Bonchev–Trinajstić information content (AvgIpc) is 2.80. The molecule has 0 radical (unpaired) electrons. The van der Waals surface area contributed by atoms with Crippen LogP contribution < -0.4 is 0 Å². The molecule has 0 aromatic heterocycles. The van der Waals surface area contributed by atoms with Crippen molar-refractivity contribution in [2.24, 2.45) is 22.7 Å². The highest BCUT2D eigenvalue weighted by Gasteiger charge is 2.01. The van der Waals surface area contributed by atoms with E-state index in [0.717, 1.165) is 36.6 Å². The van der Waals surface area contributed by atoms with E-state index in [-0.39, 0.29) is 5.92 Å². The zero-order chi connectivity index (χ0) is 27.2. The zero-order valence-corrected chi connectivity index (χ0v) is 25.6. The highest BCUT2D eigenvalue weighted by molar-refractivity contribution is 5.93. The SMILES string of the molecule is C=C(CCC)N=C(C)/C=C\C(C)CC.CC.CC.CCC(C)C(C)=O.CCCC(C)CCC. The number of Topliss-reactive ketones (excluding diaryl/α,β-unsaturated/α-hetero) is 1. The normalized spacial score (nSPS) is 12.0. The Bertz CT molecular complexity index is 442. The average molecular weight is 468 g/mol. The predicted molar refractivity (Wildman–Crippen MR) is 158 cm³/mol. The summed E-state index contributed by atoms with van der Waals surface area (Å²) in [5.74, 6) is 2.16. The largest absolute Gasteiger partial charge is 0.300 e. The quantitative estimate of drug-likeness (QED) is 0.262. The molecule has 0 bridgehead atoms. The van der Waals surface area contributed by atoms with Crippen LogP contribution in [0.2, 0.25) is 0 Å². The molecular weight excluding hydrogens is 402 g/mol. The number of allylic oxidation sites excluding steroid dienone is 3. The van der Waals surface area contributed by atoms with Crippen LogP contribution in [0.15, 0.2) is 29.4 Å². The molecular formula is C31H65NO. The van der Waals surface area contributed by atoms with Crippen LogP contribution in [0.1, 0.15) is 148 Å². The molecule has 0 aliphatic rings. The summed E-state index contributed by atoms with van der Waals surface area (Å²) in [6.07, 6.45) is 14.1. The number of nitrogens with zero attached hydrogens (tertiary/aromatic N) is 1. The van der Waals surface area contributed by atoms with Gasteiger partial charge in [-0.1, -0.05) is 134 Å². The first-order chi connectivity index (χ1) is 15.6. The van der Waals surface area contributed by atoms with Gasteiger partial charge in [0.15, 0.2) is 0 Å². The fourth-order valence-corrected chi connectivity index (χ4v) is 2.49. The van der Waals surface area contributed by atoms with Crippen molar-refractivity contribution in [3.63, 3.8) is 0 Å². The van der Waals surface area contributed by atoms with Crippen LogP contribution in [-0.4, -0.2) is 11.5 Å². The molecule has 0 rings (SSSR count). The lowest BCUT2D eigenvalue weighted by Crippen LogP contribution is -2.03. The van der Waals surface area contributed by atoms with Gasteiger partial charge in [-0.15, -0.1) is 0 Å². The van der Waals surface area contributed by atoms with Gasteiger partial charge in [-0.3, -0.25) is 9.79 Å². The van der Waals surface area contributed by atoms with Gasteiger partial charge in [0, 0.05) is 17.3 Å². The van der Waals surface area contributed by atoms with Crippen LogP contribution in [0.4, 0.5) is 0 Å². The van der Waals surface area contributed by atoms with E-state index in [1.807, 2.05) is 48.5 Å². The van der Waals surface area contributed by atoms with E-state index in [9.17, 15) is 4.79 Å². The van der Waals surface area contributed by atoms with Gasteiger partial charge in [0.05, 0.1) is 0 Å². The third-order valence-electron chi connectivity index (χ3n) is 5.05. The fraction of sp³-hybridized carbons (Fsp3) is 0.806. The molecule has 0 fully saturated rings. The number of carbonyl (C=O) groups is 1. The van der Waals surface area contributed by atoms with E-state index in [0.29, 0.717) is 11.7 Å². The second kappa shape index (κ2) is 35.4. The van der Waals surface area contributed by atoms with Crippen molar-refractivity contribution in [1.29, 1.82) is 0 Å². The van der Waals surface area contributed by atoms with Crippen molar-refractivity contribution < 1.29 is 4.79 Å². The summed E-state index contributed by atoms with van der Waals surface area (Å²) in [5.41, 5.74) is 2.04. The molecule has 0 aromatic rings. The summed E-state index contributed by atoms with van der Waals surface area (Å²) >= 11 is 0. The zero-order valence-electron chi connectivity index (χ0n) is 25.6. The summed E-state index contributed by atoms with van der Waals surface area (Å²) in [6, 6.07) is 0. The lowest BCUT2D eigenvalue weighted by Gasteiger charge is -2.05. The van der Waals surface area contributed by atoms with Gasteiger partial charge in [-0.2, -0.15) is 0 Å². The second-order valence-electron chi connectivity index (χ2n) is 8.42. The van der Waals surface area contributed by atoms with Crippen LogP contribution in [0, 0.1) is 17.8 Å². The Kier molecular flexibility index (Phi) is 45.1. The first kappa shape index (κ1) is 42.0. The van der Waals surface area contributed by atoms with Crippen LogP contribution in [-0.2, 0) is 4.79 Å². The number of rotatable bonds is 12. The molecule has 0 aromatic carbocycles. The minimum absolute atomic E-state index is 0.264. The molecule has 2 atom stereocenters. The van der Waals surface area contributed by atoms with Crippen LogP contribution in [0.25, 0.3) is 0 Å². The third kappa shape index (κ3) is 41.6. The predicted octanol–water partition coefficient (Wildman–Crippen LogP) is 11.3. The van der Waals surface area contributed by atoms with E-state index in [4.69, 9.17) is 0 Å². The summed E-state index contributed by atoms with van der Waals surface area (Å²) in [6.45, 7) is 32.9. The molecule has 0 N–H and O–H groups in total. The maximum absolute atomic E-state index is 10.4. The molecule has 0 aliphatic heterocycles. The number of hydrogen-bond donors (Lipinski definition) is 0. The molecule has 2 nitrogen and oxygen atoms in total. The van der Waals surface area contributed by atoms with E-state index in [1.54, 1.807) is 6.92 Å². The molecule has 0 spiro atoms. The van der Waals surface area contributed by atoms with E-state index in [1.165, 1.54) is 32.1 Å². The molecule has 0 saturated carbocycles. The highest BCUT2D eigenvalue weighted by Crippen LogP contribution is 2.10. The van der Waals surface area contributed by atoms with Gasteiger partial charge < -0.3 is 0 Å². The molecule has 0 amide bonds. The second-order valence-corrected chi connectivity index (χ2v) is 8.42. The Labute approximate surface area is 211 Å². The lowest BCUT2D eigenvalue weighted by atomic mass is 10.0. The van der Waals surface area contributed by atoms with Crippen LogP contribution >= 0.6 is 0 Å². The molecule has 2 heteroatoms. The van der Waals surface area contributed by atoms with Gasteiger partial charge >= 0.3 is 0 Å². The Morgan fingerprint density at radius 2 is 1.27 bits per heavy atom. The molecule has 200 valence electrons. The van der Waals surface area contributed by atoms with Crippen molar-refractivity contribution in [3.05, 3.63) is 24.4 Å². The first-order valence-electron chi connectivity index (χ1n) is 14.0. The van der Waals surface area contributed by atoms with Crippen molar-refractivity contribution in [2.75, 3.05) is 0 Å². The summed E-state index contributed by atoms with van der Waals surface area (Å²) in [5, 5.41) is 0. The molecule has 33 heavy (non-hydrogen) atoms. The minimum atomic E-state index is 0.264. The number of ketones is 1. The van der Waals surface area contributed by atoms with Crippen LogP contribution in [0.5, 0.6) is 0 Å². The topological polar surface area (TPSA) is 29.4 Å². The van der Waals surface area contributed by atoms with Gasteiger partial charge in [0.1, 0.15) is 5.78 Å². The molecule has 2 unspecified atom stereocenters. The summed E-state index contributed by atoms with van der Waals surface area (Å²) in [4.78, 5) is 14.8. The fourth-order valence-electron chi connectivity index (χ4n) is 2.49. The smallest absolute Gasteiger partial charge is 0.132 e. The lowest BCUT2D eigenvalue weighted by molar-refractivity contribution is -0.120. The molecule has 0 aliphatic carbocycles. The van der Waals surface area contributed by atoms with Crippen molar-refractivity contribution in [1.82, 2.24) is 0 Å². The Hall–Kier alpha value is -1.18. The number of carbonyl (C=O) groups excluding carboxylic acids is 1. The number of aliphatic imine (C=N–C) groups is 1. The standard InChI is InChI=1S/C13H23N.C8H18.C6H12O.2C2H6/c1-6-8-12(4)14-13(5)10-9-11(3)7-2;1-4-6-8(3)7-5-2;1-4-5(2)6(3)7;2*1-2/h9-11H,4,6-8H2,1-3,5H3;8H,4-7H2,1-3H3;5H,4H2,1-3H3;2*1-2H3/b10-9-,14-13?;;;;.